The molecule has 1 aliphatic carbocycles. The molecule has 1 aliphatic rings. The molecule has 0 bridgehead atoms. The lowest BCUT2D eigenvalue weighted by Gasteiger charge is -2.10. The smallest absolute Gasteiger partial charge is 0.335 e. The Morgan fingerprint density at radius 1 is 1.15 bits per heavy atom. The van der Waals surface area contributed by atoms with E-state index in [-0.39, 0.29) is 0 Å². The van der Waals surface area contributed by atoms with Gasteiger partial charge in [-0.3, -0.25) is 0 Å². The molecule has 66 valence electrons. The van der Waals surface area contributed by atoms with Gasteiger partial charge in [-0.25, -0.2) is 4.79 Å². The van der Waals surface area contributed by atoms with E-state index in [1.54, 1.807) is 12.1 Å². The Morgan fingerprint density at radius 2 is 1.85 bits per heavy atom. The number of carboxylic acids is 1. The van der Waals surface area contributed by atoms with Crippen molar-refractivity contribution in [3.8, 4) is 0 Å². The Morgan fingerprint density at radius 3 is 2.54 bits per heavy atom. The molecule has 2 nitrogen and oxygen atoms in total. The van der Waals surface area contributed by atoms with Crippen molar-refractivity contribution in [3.63, 3.8) is 0 Å². The molecular formula is C11H10O2. The largest absolute Gasteiger partial charge is 0.478 e. The minimum atomic E-state index is -0.850. The molecule has 13 heavy (non-hydrogen) atoms. The second-order valence-electron chi connectivity index (χ2n) is 3.17. The van der Waals surface area contributed by atoms with Crippen molar-refractivity contribution in [2.45, 2.75) is 12.8 Å². The topological polar surface area (TPSA) is 37.3 Å². The van der Waals surface area contributed by atoms with Gasteiger partial charge in [0, 0.05) is 0 Å². The number of carbonyl (C=O) groups is 1. The van der Waals surface area contributed by atoms with Gasteiger partial charge >= 0.3 is 5.97 Å². The molecule has 0 aliphatic heterocycles. The van der Waals surface area contributed by atoms with Gasteiger partial charge in [0.25, 0.3) is 0 Å². The molecule has 0 saturated heterocycles. The fourth-order valence-electron chi connectivity index (χ4n) is 1.57. The highest BCUT2D eigenvalue weighted by molar-refractivity contribution is 5.88. The van der Waals surface area contributed by atoms with Crippen LogP contribution in [0.4, 0.5) is 0 Å². The molecule has 0 amide bonds. The van der Waals surface area contributed by atoms with Gasteiger partial charge < -0.3 is 5.11 Å². The van der Waals surface area contributed by atoms with Gasteiger partial charge in [0.15, 0.2) is 0 Å². The first-order valence-electron chi connectivity index (χ1n) is 4.27. The number of benzene rings is 1. The Labute approximate surface area is 76.5 Å². The van der Waals surface area contributed by atoms with Crippen molar-refractivity contribution in [1.29, 1.82) is 0 Å². The van der Waals surface area contributed by atoms with Crippen LogP contribution in [0.3, 0.4) is 0 Å². The minimum Gasteiger partial charge on any atom is -0.478 e. The van der Waals surface area contributed by atoms with Gasteiger partial charge in [-0.1, -0.05) is 18.2 Å². The SMILES string of the molecule is O=C(O)c1ccc2c(c1)CC=CC2. The maximum absolute atomic E-state index is 10.7. The lowest BCUT2D eigenvalue weighted by Crippen LogP contribution is -2.02. The van der Waals surface area contributed by atoms with Gasteiger partial charge in [-0.05, 0) is 36.1 Å². The summed E-state index contributed by atoms with van der Waals surface area (Å²) in [5, 5.41) is 8.77. The van der Waals surface area contributed by atoms with E-state index in [9.17, 15) is 4.79 Å². The third kappa shape index (κ3) is 1.47. The minimum absolute atomic E-state index is 0.383. The third-order valence-electron chi connectivity index (χ3n) is 2.30. The Balaban J connectivity index is 2.44. The van der Waals surface area contributed by atoms with E-state index >= 15 is 0 Å². The lowest BCUT2D eigenvalue weighted by molar-refractivity contribution is 0.0697. The van der Waals surface area contributed by atoms with Crippen molar-refractivity contribution in [1.82, 2.24) is 0 Å². The molecule has 0 unspecified atom stereocenters. The van der Waals surface area contributed by atoms with Gasteiger partial charge in [-0.15, -0.1) is 0 Å². The Bertz CT molecular complexity index is 378. The Hall–Kier alpha value is -1.57. The number of fused-ring (bicyclic) bond motifs is 1. The molecule has 2 rings (SSSR count). The molecule has 0 fully saturated rings. The normalized spacial score (nSPS) is 13.8. The molecule has 2 heteroatoms. The summed E-state index contributed by atoms with van der Waals surface area (Å²) in [7, 11) is 0. The van der Waals surface area contributed by atoms with Crippen LogP contribution in [0.2, 0.25) is 0 Å². The number of rotatable bonds is 1. The highest BCUT2D eigenvalue weighted by atomic mass is 16.4. The second-order valence-corrected chi connectivity index (χ2v) is 3.17. The number of hydrogen-bond acceptors (Lipinski definition) is 1. The maximum Gasteiger partial charge on any atom is 0.335 e. The van der Waals surface area contributed by atoms with Crippen LogP contribution < -0.4 is 0 Å². The highest BCUT2D eigenvalue weighted by Crippen LogP contribution is 2.18. The monoisotopic (exact) mass is 174 g/mol. The van der Waals surface area contributed by atoms with E-state index in [0.29, 0.717) is 5.56 Å². The maximum atomic E-state index is 10.7. The zero-order valence-corrected chi connectivity index (χ0v) is 7.16. The summed E-state index contributed by atoms with van der Waals surface area (Å²) >= 11 is 0. The third-order valence-corrected chi connectivity index (χ3v) is 2.30. The van der Waals surface area contributed by atoms with Gasteiger partial charge in [0.2, 0.25) is 0 Å². The first-order valence-corrected chi connectivity index (χ1v) is 4.27. The molecule has 1 N–H and O–H groups in total. The summed E-state index contributed by atoms with van der Waals surface area (Å²) in [5.74, 6) is -0.850. The van der Waals surface area contributed by atoms with E-state index in [2.05, 4.69) is 12.2 Å². The van der Waals surface area contributed by atoms with Crippen molar-refractivity contribution >= 4 is 5.97 Å². The van der Waals surface area contributed by atoms with Crippen LogP contribution in [0.1, 0.15) is 21.5 Å². The standard InChI is InChI=1S/C11H10O2/c12-11(13)10-6-5-8-3-1-2-4-9(8)7-10/h1-2,5-7H,3-4H2,(H,12,13). The summed E-state index contributed by atoms with van der Waals surface area (Å²) in [6, 6.07) is 5.34. The van der Waals surface area contributed by atoms with Crippen molar-refractivity contribution < 1.29 is 9.90 Å². The van der Waals surface area contributed by atoms with Crippen molar-refractivity contribution in [3.05, 3.63) is 47.0 Å². The summed E-state index contributed by atoms with van der Waals surface area (Å²) in [5.41, 5.74) is 2.77. The fraction of sp³-hybridized carbons (Fsp3) is 0.182. The molecule has 1 aromatic rings. The number of hydrogen-bond donors (Lipinski definition) is 1. The average Bonchev–Trinajstić information content (AvgIpc) is 2.17. The number of carboxylic acid groups (broad SMARTS) is 1. The molecule has 1 aromatic carbocycles. The first-order chi connectivity index (χ1) is 6.27. The van der Waals surface area contributed by atoms with Crippen LogP contribution in [0.5, 0.6) is 0 Å². The van der Waals surface area contributed by atoms with Crippen LogP contribution >= 0.6 is 0 Å². The molecule has 0 heterocycles. The molecule has 0 aromatic heterocycles. The second kappa shape index (κ2) is 3.05. The van der Waals surface area contributed by atoms with E-state index in [4.69, 9.17) is 5.11 Å². The Kier molecular flexibility index (Phi) is 1.89. The van der Waals surface area contributed by atoms with E-state index < -0.39 is 5.97 Å². The molecular weight excluding hydrogens is 164 g/mol. The predicted molar refractivity (Wildman–Crippen MR) is 49.9 cm³/mol. The van der Waals surface area contributed by atoms with Gasteiger partial charge in [-0.2, -0.15) is 0 Å². The van der Waals surface area contributed by atoms with Crippen LogP contribution in [-0.4, -0.2) is 11.1 Å². The van der Waals surface area contributed by atoms with Crippen LogP contribution in [0.25, 0.3) is 0 Å². The van der Waals surface area contributed by atoms with E-state index in [1.807, 2.05) is 6.07 Å². The van der Waals surface area contributed by atoms with Crippen molar-refractivity contribution in [2.75, 3.05) is 0 Å². The fourth-order valence-corrected chi connectivity index (χ4v) is 1.57. The summed E-state index contributed by atoms with van der Waals surface area (Å²) in [6.45, 7) is 0. The number of allylic oxidation sites excluding steroid dienone is 2. The zero-order chi connectivity index (χ0) is 9.26. The van der Waals surface area contributed by atoms with E-state index in [0.717, 1.165) is 18.4 Å². The summed E-state index contributed by atoms with van der Waals surface area (Å²) in [6.07, 6.45) is 5.97. The van der Waals surface area contributed by atoms with Gasteiger partial charge in [0.1, 0.15) is 0 Å². The first kappa shape index (κ1) is 8.05. The number of aromatic carboxylic acids is 1. The average molecular weight is 174 g/mol. The molecule has 0 radical (unpaired) electrons. The van der Waals surface area contributed by atoms with Crippen LogP contribution in [-0.2, 0) is 12.8 Å². The quantitative estimate of drug-likeness (QED) is 0.661. The van der Waals surface area contributed by atoms with Crippen LogP contribution in [0.15, 0.2) is 30.4 Å². The van der Waals surface area contributed by atoms with Crippen molar-refractivity contribution in [2.24, 2.45) is 0 Å². The van der Waals surface area contributed by atoms with Crippen LogP contribution in [0, 0.1) is 0 Å². The van der Waals surface area contributed by atoms with Gasteiger partial charge in [0.05, 0.1) is 5.56 Å². The summed E-state index contributed by atoms with van der Waals surface area (Å²) in [4.78, 5) is 10.7. The zero-order valence-electron chi connectivity index (χ0n) is 7.16. The molecule has 0 atom stereocenters. The molecule has 0 spiro atoms. The highest BCUT2D eigenvalue weighted by Gasteiger charge is 2.08. The van der Waals surface area contributed by atoms with E-state index in [1.165, 1.54) is 5.56 Å². The summed E-state index contributed by atoms with van der Waals surface area (Å²) < 4.78 is 0. The predicted octanol–water partition coefficient (Wildman–Crippen LogP) is 2.04. The molecule has 0 saturated carbocycles. The lowest BCUT2D eigenvalue weighted by atomic mass is 9.95.